The number of rotatable bonds is 7. The lowest BCUT2D eigenvalue weighted by atomic mass is 10.1. The third kappa shape index (κ3) is 4.13. The molecule has 1 aliphatic rings. The third-order valence-corrected chi connectivity index (χ3v) is 5.00. The fourth-order valence-electron chi connectivity index (χ4n) is 3.49. The van der Waals surface area contributed by atoms with Crippen molar-refractivity contribution >= 4 is 23.3 Å². The maximum Gasteiger partial charge on any atom is 0.269 e. The minimum Gasteiger partial charge on any atom is -0.490 e. The Bertz CT molecular complexity index is 1220. The van der Waals surface area contributed by atoms with Gasteiger partial charge in [-0.2, -0.15) is 0 Å². The minimum atomic E-state index is -0.457. The Balaban J connectivity index is 1.58. The Morgan fingerprint density at radius 2 is 1.59 bits per heavy atom. The molecule has 0 aliphatic heterocycles. The van der Waals surface area contributed by atoms with E-state index >= 15 is 0 Å². The van der Waals surface area contributed by atoms with Crippen LogP contribution in [-0.2, 0) is 6.61 Å². The number of allylic oxidation sites excluding steroid dienone is 1. The van der Waals surface area contributed by atoms with Crippen molar-refractivity contribution in [3.63, 3.8) is 0 Å². The summed E-state index contributed by atoms with van der Waals surface area (Å²) in [6.07, 6.45) is 1.55. The zero-order chi connectivity index (χ0) is 22.7. The van der Waals surface area contributed by atoms with Crippen LogP contribution < -0.4 is 9.47 Å². The van der Waals surface area contributed by atoms with Gasteiger partial charge in [0.05, 0.1) is 17.1 Å². The van der Waals surface area contributed by atoms with Crippen molar-refractivity contribution in [2.24, 2.45) is 0 Å². The lowest BCUT2D eigenvalue weighted by molar-refractivity contribution is -0.384. The number of ether oxygens (including phenoxy) is 2. The van der Waals surface area contributed by atoms with Crippen LogP contribution in [0.5, 0.6) is 11.5 Å². The van der Waals surface area contributed by atoms with E-state index in [9.17, 15) is 19.7 Å². The number of nitro benzene ring substituents is 1. The summed E-state index contributed by atoms with van der Waals surface area (Å²) in [5.41, 5.74) is 2.19. The van der Waals surface area contributed by atoms with Gasteiger partial charge in [0.1, 0.15) is 6.61 Å². The van der Waals surface area contributed by atoms with Crippen LogP contribution in [0, 0.1) is 10.1 Å². The average Bonchev–Trinajstić information content (AvgIpc) is 3.04. The first-order valence-electron chi connectivity index (χ1n) is 10.0. The summed E-state index contributed by atoms with van der Waals surface area (Å²) >= 11 is 0. The molecule has 7 heteroatoms. The molecule has 0 aromatic heterocycles. The van der Waals surface area contributed by atoms with Gasteiger partial charge >= 0.3 is 0 Å². The minimum absolute atomic E-state index is 0.00926. The Morgan fingerprint density at radius 3 is 2.25 bits per heavy atom. The molecule has 0 N–H and O–H groups in total. The van der Waals surface area contributed by atoms with E-state index in [1.165, 1.54) is 12.1 Å². The SMILES string of the molecule is CCOc1cc(C=C2C(=O)c3ccccc3C2=O)ccc1OCc1cccc([N+](=O)[O-])c1. The number of ketones is 2. The van der Waals surface area contributed by atoms with Crippen LogP contribution >= 0.6 is 0 Å². The number of carbonyl (C=O) groups excluding carboxylic acids is 2. The number of nitro groups is 1. The highest BCUT2D eigenvalue weighted by Crippen LogP contribution is 2.32. The summed E-state index contributed by atoms with van der Waals surface area (Å²) in [7, 11) is 0. The summed E-state index contributed by atoms with van der Waals surface area (Å²) in [5, 5.41) is 11.0. The van der Waals surface area contributed by atoms with Gasteiger partial charge < -0.3 is 9.47 Å². The van der Waals surface area contributed by atoms with E-state index < -0.39 is 4.92 Å². The second kappa shape index (κ2) is 8.85. The van der Waals surface area contributed by atoms with Crippen LogP contribution in [0.4, 0.5) is 5.69 Å². The molecular formula is C25H19NO6. The van der Waals surface area contributed by atoms with Gasteiger partial charge in [-0.1, -0.05) is 42.5 Å². The fraction of sp³-hybridized carbons (Fsp3) is 0.120. The standard InChI is InChI=1S/C25H19NO6/c1-2-31-23-14-16(13-21-24(27)19-8-3-4-9-20(19)25(21)28)10-11-22(23)32-15-17-6-5-7-18(12-17)26(29)30/h3-14H,2,15H2,1H3. The van der Waals surface area contributed by atoms with Crippen molar-refractivity contribution in [1.29, 1.82) is 0 Å². The molecule has 0 saturated heterocycles. The zero-order valence-corrected chi connectivity index (χ0v) is 17.2. The summed E-state index contributed by atoms with van der Waals surface area (Å²) in [5.74, 6) is 0.305. The molecule has 0 spiro atoms. The largest absolute Gasteiger partial charge is 0.490 e. The quantitative estimate of drug-likeness (QED) is 0.226. The lowest BCUT2D eigenvalue weighted by Gasteiger charge is -2.13. The van der Waals surface area contributed by atoms with Crippen molar-refractivity contribution in [3.05, 3.63) is 105 Å². The first kappa shape index (κ1) is 21.0. The first-order chi connectivity index (χ1) is 15.5. The summed E-state index contributed by atoms with van der Waals surface area (Å²) in [6.45, 7) is 2.33. The molecule has 0 heterocycles. The molecule has 160 valence electrons. The molecule has 0 bridgehead atoms. The summed E-state index contributed by atoms with van der Waals surface area (Å²) in [4.78, 5) is 35.8. The molecule has 0 unspecified atom stereocenters. The molecule has 0 atom stereocenters. The summed E-state index contributed by atoms with van der Waals surface area (Å²) < 4.78 is 11.5. The van der Waals surface area contributed by atoms with E-state index in [-0.39, 0.29) is 29.4 Å². The number of fused-ring (bicyclic) bond motifs is 1. The van der Waals surface area contributed by atoms with Gasteiger partial charge in [-0.15, -0.1) is 0 Å². The first-order valence-corrected chi connectivity index (χ1v) is 10.0. The molecule has 1 aliphatic carbocycles. The number of carbonyl (C=O) groups is 2. The Hall–Kier alpha value is -4.26. The lowest BCUT2D eigenvalue weighted by Crippen LogP contribution is -2.02. The van der Waals surface area contributed by atoms with Crippen molar-refractivity contribution < 1.29 is 24.0 Å². The number of non-ortho nitro benzene ring substituents is 1. The third-order valence-electron chi connectivity index (χ3n) is 5.00. The van der Waals surface area contributed by atoms with E-state index in [1.54, 1.807) is 60.7 Å². The van der Waals surface area contributed by atoms with Crippen molar-refractivity contribution in [1.82, 2.24) is 0 Å². The van der Waals surface area contributed by atoms with Gasteiger partial charge in [0.25, 0.3) is 5.69 Å². The van der Waals surface area contributed by atoms with E-state index in [2.05, 4.69) is 0 Å². The van der Waals surface area contributed by atoms with E-state index in [4.69, 9.17) is 9.47 Å². The molecule has 7 nitrogen and oxygen atoms in total. The van der Waals surface area contributed by atoms with E-state index in [0.717, 1.165) is 0 Å². The molecule has 0 fully saturated rings. The molecule has 3 aromatic carbocycles. The van der Waals surface area contributed by atoms with Crippen molar-refractivity contribution in [3.8, 4) is 11.5 Å². The average molecular weight is 429 g/mol. The second-order valence-electron chi connectivity index (χ2n) is 7.12. The number of Topliss-reactive ketones (excluding diaryl/α,β-unsaturated/α-hetero) is 2. The molecule has 32 heavy (non-hydrogen) atoms. The predicted molar refractivity (Wildman–Crippen MR) is 118 cm³/mol. The van der Waals surface area contributed by atoms with Crippen LogP contribution in [0.25, 0.3) is 6.08 Å². The van der Waals surface area contributed by atoms with E-state index in [0.29, 0.717) is 40.4 Å². The van der Waals surface area contributed by atoms with Crippen LogP contribution in [0.2, 0.25) is 0 Å². The van der Waals surface area contributed by atoms with Crippen LogP contribution in [-0.4, -0.2) is 23.1 Å². The molecule has 3 aromatic rings. The second-order valence-corrected chi connectivity index (χ2v) is 7.12. The highest BCUT2D eigenvalue weighted by molar-refractivity contribution is 6.41. The molecule has 0 radical (unpaired) electrons. The number of hydrogen-bond acceptors (Lipinski definition) is 6. The van der Waals surface area contributed by atoms with Gasteiger partial charge in [0.2, 0.25) is 0 Å². The Labute approximate surface area is 184 Å². The summed E-state index contributed by atoms with van der Waals surface area (Å²) in [6, 6.07) is 18.1. The predicted octanol–water partition coefficient (Wildman–Crippen LogP) is 5.04. The maximum atomic E-state index is 12.6. The van der Waals surface area contributed by atoms with Gasteiger partial charge in [0.15, 0.2) is 23.1 Å². The van der Waals surface area contributed by atoms with Crippen molar-refractivity contribution in [2.45, 2.75) is 13.5 Å². The van der Waals surface area contributed by atoms with Gasteiger partial charge in [-0.3, -0.25) is 19.7 Å². The number of hydrogen-bond donors (Lipinski definition) is 0. The van der Waals surface area contributed by atoms with Crippen LogP contribution in [0.15, 0.2) is 72.3 Å². The van der Waals surface area contributed by atoms with E-state index in [1.807, 2.05) is 6.92 Å². The van der Waals surface area contributed by atoms with Gasteiger partial charge in [-0.05, 0) is 36.3 Å². The van der Waals surface area contributed by atoms with Gasteiger partial charge in [-0.25, -0.2) is 0 Å². The van der Waals surface area contributed by atoms with Crippen LogP contribution in [0.3, 0.4) is 0 Å². The molecular weight excluding hydrogens is 410 g/mol. The molecule has 4 rings (SSSR count). The molecule has 0 amide bonds. The van der Waals surface area contributed by atoms with Crippen molar-refractivity contribution in [2.75, 3.05) is 6.61 Å². The maximum absolute atomic E-state index is 12.6. The zero-order valence-electron chi connectivity index (χ0n) is 17.2. The number of nitrogens with zero attached hydrogens (tertiary/aromatic N) is 1. The smallest absolute Gasteiger partial charge is 0.269 e. The highest BCUT2D eigenvalue weighted by Gasteiger charge is 2.32. The topological polar surface area (TPSA) is 95.7 Å². The van der Waals surface area contributed by atoms with Gasteiger partial charge in [0, 0.05) is 23.3 Å². The monoisotopic (exact) mass is 429 g/mol. The Morgan fingerprint density at radius 1 is 0.875 bits per heavy atom. The van der Waals surface area contributed by atoms with Crippen LogP contribution in [0.1, 0.15) is 38.8 Å². The Kier molecular flexibility index (Phi) is 5.81. The highest BCUT2D eigenvalue weighted by atomic mass is 16.6. The normalized spacial score (nSPS) is 12.5. The molecule has 0 saturated carbocycles. The number of benzene rings is 3. The fourth-order valence-corrected chi connectivity index (χ4v) is 3.49.